The molecule has 3 aromatic carbocycles. The molecular formula is C25H25N3O2. The third-order valence-electron chi connectivity index (χ3n) is 5.67. The van der Waals surface area contributed by atoms with Crippen LogP contribution in [0.2, 0.25) is 0 Å². The van der Waals surface area contributed by atoms with Gasteiger partial charge in [-0.05, 0) is 37.1 Å². The van der Waals surface area contributed by atoms with Crippen LogP contribution < -0.4 is 16.0 Å². The smallest absolute Gasteiger partial charge is 0.196 e. The summed E-state index contributed by atoms with van der Waals surface area (Å²) in [4.78, 5) is 29.0. The molecule has 0 saturated heterocycles. The van der Waals surface area contributed by atoms with Gasteiger partial charge >= 0.3 is 0 Å². The number of nitrogens with two attached hydrogens (primary N) is 1. The predicted octanol–water partition coefficient (Wildman–Crippen LogP) is 4.65. The molecule has 30 heavy (non-hydrogen) atoms. The van der Waals surface area contributed by atoms with E-state index >= 15 is 0 Å². The van der Waals surface area contributed by atoms with Crippen molar-refractivity contribution in [3.05, 3.63) is 88.5 Å². The SMILES string of the molecule is CCC(N)Nc1ccc(N(C)c2ccccc2C)c2c1C(=O)c1ccccc1C2=O. The molecule has 152 valence electrons. The number of carbonyl (C=O) groups is 2. The number of fused-ring (bicyclic) bond motifs is 2. The van der Waals surface area contributed by atoms with Crippen molar-refractivity contribution >= 4 is 28.6 Å². The van der Waals surface area contributed by atoms with Gasteiger partial charge in [0.2, 0.25) is 0 Å². The molecule has 0 amide bonds. The third kappa shape index (κ3) is 3.17. The maximum absolute atomic E-state index is 13.6. The Hall–Kier alpha value is -3.44. The first kappa shape index (κ1) is 19.9. The van der Waals surface area contributed by atoms with Crippen LogP contribution in [-0.2, 0) is 0 Å². The number of para-hydroxylation sites is 1. The zero-order chi connectivity index (χ0) is 21.4. The lowest BCUT2D eigenvalue weighted by molar-refractivity contribution is 0.0980. The third-order valence-corrected chi connectivity index (χ3v) is 5.67. The Kier molecular flexibility index (Phi) is 5.14. The van der Waals surface area contributed by atoms with Crippen molar-refractivity contribution < 1.29 is 9.59 Å². The fourth-order valence-corrected chi connectivity index (χ4v) is 3.98. The van der Waals surface area contributed by atoms with Crippen molar-refractivity contribution in [1.82, 2.24) is 0 Å². The molecule has 5 nitrogen and oxygen atoms in total. The maximum Gasteiger partial charge on any atom is 0.196 e. The molecule has 0 saturated carbocycles. The zero-order valence-corrected chi connectivity index (χ0v) is 17.4. The normalized spacial score (nSPS) is 13.5. The number of anilines is 3. The highest BCUT2D eigenvalue weighted by atomic mass is 16.1. The first-order valence-electron chi connectivity index (χ1n) is 10.1. The standard InChI is InChI=1S/C25H25N3O2/c1-4-21(26)27-18-13-14-20(28(3)19-12-8-5-9-15(19)2)23-22(18)24(29)16-10-6-7-11-17(16)25(23)30/h5-14,21,27H,4,26H2,1-3H3. The Morgan fingerprint density at radius 2 is 1.47 bits per heavy atom. The van der Waals surface area contributed by atoms with E-state index in [0.29, 0.717) is 40.0 Å². The summed E-state index contributed by atoms with van der Waals surface area (Å²) < 4.78 is 0. The van der Waals surface area contributed by atoms with E-state index in [9.17, 15) is 9.59 Å². The minimum absolute atomic E-state index is 0.149. The van der Waals surface area contributed by atoms with Gasteiger partial charge in [0.15, 0.2) is 11.6 Å². The summed E-state index contributed by atoms with van der Waals surface area (Å²) in [5.41, 5.74) is 11.1. The number of ketones is 2. The van der Waals surface area contributed by atoms with Gasteiger partial charge in [-0.3, -0.25) is 9.59 Å². The number of hydrogen-bond donors (Lipinski definition) is 2. The van der Waals surface area contributed by atoms with E-state index in [0.717, 1.165) is 11.3 Å². The molecule has 0 fully saturated rings. The highest BCUT2D eigenvalue weighted by Crippen LogP contribution is 2.40. The molecule has 4 rings (SSSR count). The summed E-state index contributed by atoms with van der Waals surface area (Å²) in [6.45, 7) is 3.99. The zero-order valence-electron chi connectivity index (χ0n) is 17.4. The topological polar surface area (TPSA) is 75.4 Å². The number of benzene rings is 3. The van der Waals surface area contributed by atoms with Gasteiger partial charge in [0.25, 0.3) is 0 Å². The molecule has 1 aliphatic carbocycles. The van der Waals surface area contributed by atoms with Crippen molar-refractivity contribution in [2.75, 3.05) is 17.3 Å². The van der Waals surface area contributed by atoms with Gasteiger partial charge in [0.05, 0.1) is 23.0 Å². The fourth-order valence-electron chi connectivity index (χ4n) is 3.98. The molecule has 3 N–H and O–H groups in total. The number of carbonyl (C=O) groups excluding carboxylic acids is 2. The summed E-state index contributed by atoms with van der Waals surface area (Å²) in [6.07, 6.45) is 0.382. The van der Waals surface area contributed by atoms with Gasteiger partial charge in [-0.15, -0.1) is 0 Å². The van der Waals surface area contributed by atoms with Crippen molar-refractivity contribution in [2.45, 2.75) is 26.4 Å². The lowest BCUT2D eigenvalue weighted by Gasteiger charge is -2.29. The first-order chi connectivity index (χ1) is 14.4. The van der Waals surface area contributed by atoms with Crippen LogP contribution in [0.5, 0.6) is 0 Å². The minimum atomic E-state index is -0.311. The Morgan fingerprint density at radius 3 is 2.10 bits per heavy atom. The predicted molar refractivity (Wildman–Crippen MR) is 121 cm³/mol. The molecule has 0 aromatic heterocycles. The van der Waals surface area contributed by atoms with E-state index in [1.807, 2.05) is 62.2 Å². The van der Waals surface area contributed by atoms with E-state index in [1.165, 1.54) is 0 Å². The van der Waals surface area contributed by atoms with Gasteiger partial charge in [-0.25, -0.2) is 0 Å². The highest BCUT2D eigenvalue weighted by Gasteiger charge is 2.35. The quantitative estimate of drug-likeness (QED) is 0.478. The molecule has 0 bridgehead atoms. The van der Waals surface area contributed by atoms with Crippen molar-refractivity contribution in [3.8, 4) is 0 Å². The van der Waals surface area contributed by atoms with Crippen LogP contribution >= 0.6 is 0 Å². The summed E-state index contributed by atoms with van der Waals surface area (Å²) in [5.74, 6) is -0.310. The Labute approximate surface area is 176 Å². The fraction of sp³-hybridized carbons (Fsp3) is 0.200. The maximum atomic E-state index is 13.6. The van der Waals surface area contributed by atoms with E-state index in [2.05, 4.69) is 5.32 Å². The van der Waals surface area contributed by atoms with Crippen LogP contribution in [0.3, 0.4) is 0 Å². The van der Waals surface area contributed by atoms with Crippen LogP contribution in [0.1, 0.15) is 50.8 Å². The summed E-state index contributed by atoms with van der Waals surface area (Å²) in [6, 6.07) is 18.7. The van der Waals surface area contributed by atoms with E-state index in [4.69, 9.17) is 5.73 Å². The highest BCUT2D eigenvalue weighted by molar-refractivity contribution is 6.32. The van der Waals surface area contributed by atoms with Crippen LogP contribution in [-0.4, -0.2) is 24.8 Å². The number of hydrogen-bond acceptors (Lipinski definition) is 5. The van der Waals surface area contributed by atoms with Gasteiger partial charge in [-0.1, -0.05) is 49.4 Å². The molecule has 0 aliphatic heterocycles. The first-order valence-corrected chi connectivity index (χ1v) is 10.1. The van der Waals surface area contributed by atoms with Crippen molar-refractivity contribution in [2.24, 2.45) is 5.73 Å². The molecule has 0 heterocycles. The summed E-state index contributed by atoms with van der Waals surface area (Å²) in [5, 5.41) is 3.20. The molecule has 0 radical (unpaired) electrons. The second-order valence-electron chi connectivity index (χ2n) is 7.59. The van der Waals surface area contributed by atoms with Crippen LogP contribution in [0, 0.1) is 6.92 Å². The second kappa shape index (κ2) is 7.76. The van der Waals surface area contributed by atoms with Gasteiger partial charge in [0.1, 0.15) is 0 Å². The summed E-state index contributed by atoms with van der Waals surface area (Å²) >= 11 is 0. The van der Waals surface area contributed by atoms with Crippen LogP contribution in [0.4, 0.5) is 17.1 Å². The number of nitrogens with zero attached hydrogens (tertiary/aromatic N) is 1. The molecule has 1 atom stereocenters. The number of nitrogens with one attached hydrogen (secondary N) is 1. The van der Waals surface area contributed by atoms with Gasteiger partial charge in [0, 0.05) is 29.5 Å². The molecule has 1 unspecified atom stereocenters. The monoisotopic (exact) mass is 399 g/mol. The van der Waals surface area contributed by atoms with E-state index < -0.39 is 0 Å². The lowest BCUT2D eigenvalue weighted by atomic mass is 9.82. The minimum Gasteiger partial charge on any atom is -0.369 e. The Balaban J connectivity index is 1.95. The molecule has 1 aliphatic rings. The Morgan fingerprint density at radius 1 is 0.867 bits per heavy atom. The molecule has 3 aromatic rings. The number of aryl methyl sites for hydroxylation is 1. The van der Waals surface area contributed by atoms with Crippen LogP contribution in [0.15, 0.2) is 60.7 Å². The van der Waals surface area contributed by atoms with E-state index in [-0.39, 0.29) is 17.7 Å². The average Bonchev–Trinajstić information content (AvgIpc) is 2.77. The number of rotatable bonds is 5. The van der Waals surface area contributed by atoms with Gasteiger partial charge < -0.3 is 16.0 Å². The largest absolute Gasteiger partial charge is 0.369 e. The van der Waals surface area contributed by atoms with Gasteiger partial charge in [-0.2, -0.15) is 0 Å². The molecule has 0 spiro atoms. The average molecular weight is 399 g/mol. The lowest BCUT2D eigenvalue weighted by Crippen LogP contribution is -2.31. The summed E-state index contributed by atoms with van der Waals surface area (Å²) in [7, 11) is 1.92. The van der Waals surface area contributed by atoms with Crippen molar-refractivity contribution in [3.63, 3.8) is 0 Å². The second-order valence-corrected chi connectivity index (χ2v) is 7.59. The molecular weight excluding hydrogens is 374 g/mol. The molecule has 5 heteroatoms. The van der Waals surface area contributed by atoms with E-state index in [1.54, 1.807) is 24.3 Å². The van der Waals surface area contributed by atoms with Crippen molar-refractivity contribution in [1.29, 1.82) is 0 Å². The Bertz CT molecular complexity index is 1150. The van der Waals surface area contributed by atoms with Crippen LogP contribution in [0.25, 0.3) is 0 Å².